The van der Waals surface area contributed by atoms with Gasteiger partial charge in [0.1, 0.15) is 23.9 Å². The van der Waals surface area contributed by atoms with Crippen LogP contribution in [0.5, 0.6) is 17.2 Å². The third-order valence-corrected chi connectivity index (χ3v) is 6.90. The van der Waals surface area contributed by atoms with Crippen LogP contribution in [0.3, 0.4) is 0 Å². The lowest BCUT2D eigenvalue weighted by atomic mass is 10.1. The predicted octanol–water partition coefficient (Wildman–Crippen LogP) is 4.20. The van der Waals surface area contributed by atoms with Crippen molar-refractivity contribution in [2.24, 2.45) is 0 Å². The number of piperazine rings is 1. The summed E-state index contributed by atoms with van der Waals surface area (Å²) in [5, 5.41) is 0. The molecule has 1 heterocycles. The zero-order valence-corrected chi connectivity index (χ0v) is 23.4. The van der Waals surface area contributed by atoms with Gasteiger partial charge in [-0.3, -0.25) is 9.69 Å². The van der Waals surface area contributed by atoms with Gasteiger partial charge in [0, 0.05) is 39.3 Å². The van der Waals surface area contributed by atoms with Gasteiger partial charge in [-0.1, -0.05) is 36.4 Å². The lowest BCUT2D eigenvalue weighted by molar-refractivity contribution is -0.134. The molecule has 0 aliphatic carbocycles. The quantitative estimate of drug-likeness (QED) is 0.356. The number of rotatable bonds is 11. The van der Waals surface area contributed by atoms with E-state index in [9.17, 15) is 9.59 Å². The molecule has 1 aliphatic rings. The average molecular weight is 548 g/mol. The Morgan fingerprint density at radius 2 is 1.25 bits per heavy atom. The molecule has 9 heteroatoms. The van der Waals surface area contributed by atoms with Gasteiger partial charge in [-0.25, -0.2) is 4.79 Å². The molecule has 0 bridgehead atoms. The minimum Gasteiger partial charge on any atom is -0.497 e. The summed E-state index contributed by atoms with van der Waals surface area (Å²) in [6, 6.07) is 23.0. The van der Waals surface area contributed by atoms with Crippen molar-refractivity contribution < 1.29 is 28.5 Å². The highest BCUT2D eigenvalue weighted by Crippen LogP contribution is 2.18. The van der Waals surface area contributed by atoms with Gasteiger partial charge in [-0.15, -0.1) is 0 Å². The molecule has 0 N–H and O–H groups in total. The van der Waals surface area contributed by atoms with Crippen molar-refractivity contribution in [3.63, 3.8) is 0 Å². The van der Waals surface area contributed by atoms with Gasteiger partial charge in [0.15, 0.2) is 0 Å². The summed E-state index contributed by atoms with van der Waals surface area (Å²) in [5.41, 5.74) is 2.91. The minimum atomic E-state index is -0.352. The molecule has 3 aromatic rings. The normalized spacial score (nSPS) is 13.4. The molecule has 0 aromatic heterocycles. The number of amides is 2. The SMILES string of the molecule is COc1ccc(CN(Cc2ccc(OC)cc2)C(=O)CN2CCN(C(=O)OCc3cccc(OC)c3)CC2)cc1. The van der Waals surface area contributed by atoms with Crippen molar-refractivity contribution >= 4 is 12.0 Å². The number of carbonyl (C=O) groups is 2. The molecule has 212 valence electrons. The predicted molar refractivity (Wildman–Crippen MR) is 151 cm³/mol. The van der Waals surface area contributed by atoms with Crippen molar-refractivity contribution in [3.05, 3.63) is 89.5 Å². The maximum Gasteiger partial charge on any atom is 0.410 e. The molecule has 1 saturated heterocycles. The van der Waals surface area contributed by atoms with Gasteiger partial charge in [0.2, 0.25) is 5.91 Å². The lowest BCUT2D eigenvalue weighted by Gasteiger charge is -2.35. The van der Waals surface area contributed by atoms with E-state index in [0.717, 1.165) is 33.9 Å². The third-order valence-electron chi connectivity index (χ3n) is 6.90. The van der Waals surface area contributed by atoms with Gasteiger partial charge < -0.3 is 28.7 Å². The summed E-state index contributed by atoms with van der Waals surface area (Å²) in [4.78, 5) is 31.8. The molecule has 2 amide bonds. The number of benzene rings is 3. The zero-order chi connectivity index (χ0) is 28.3. The van der Waals surface area contributed by atoms with Crippen molar-refractivity contribution in [2.75, 3.05) is 54.1 Å². The monoisotopic (exact) mass is 547 g/mol. The topological polar surface area (TPSA) is 80.8 Å². The first-order valence-corrected chi connectivity index (χ1v) is 13.3. The third kappa shape index (κ3) is 8.13. The number of carbonyl (C=O) groups excluding carboxylic acids is 2. The van der Waals surface area contributed by atoms with Gasteiger partial charge in [-0.05, 0) is 53.1 Å². The first-order chi connectivity index (χ1) is 19.5. The minimum absolute atomic E-state index is 0.0284. The van der Waals surface area contributed by atoms with Gasteiger partial charge in [-0.2, -0.15) is 0 Å². The van der Waals surface area contributed by atoms with E-state index in [-0.39, 0.29) is 25.2 Å². The van der Waals surface area contributed by atoms with Gasteiger partial charge in [0.05, 0.1) is 27.9 Å². The molecule has 1 aliphatic heterocycles. The summed E-state index contributed by atoms with van der Waals surface area (Å²) in [6.07, 6.45) is -0.352. The summed E-state index contributed by atoms with van der Waals surface area (Å²) in [7, 11) is 4.87. The van der Waals surface area contributed by atoms with Crippen LogP contribution in [0.2, 0.25) is 0 Å². The number of hydrogen-bond donors (Lipinski definition) is 0. The second kappa shape index (κ2) is 14.2. The van der Waals surface area contributed by atoms with Crippen LogP contribution in [0.1, 0.15) is 16.7 Å². The zero-order valence-electron chi connectivity index (χ0n) is 23.4. The van der Waals surface area contributed by atoms with Crippen LogP contribution in [0.25, 0.3) is 0 Å². The maximum absolute atomic E-state index is 13.5. The number of ether oxygens (including phenoxy) is 4. The number of hydrogen-bond acceptors (Lipinski definition) is 7. The van der Waals surface area contributed by atoms with E-state index in [1.54, 1.807) is 26.2 Å². The van der Waals surface area contributed by atoms with Crippen LogP contribution in [0, 0.1) is 0 Å². The summed E-state index contributed by atoms with van der Waals surface area (Å²) in [6.45, 7) is 3.61. The molecule has 40 heavy (non-hydrogen) atoms. The summed E-state index contributed by atoms with van der Waals surface area (Å²) < 4.78 is 21.3. The van der Waals surface area contributed by atoms with E-state index < -0.39 is 0 Å². The van der Waals surface area contributed by atoms with E-state index in [0.29, 0.717) is 39.3 Å². The molecule has 0 saturated carbocycles. The average Bonchev–Trinajstić information content (AvgIpc) is 3.00. The Hall–Kier alpha value is -4.24. The fraction of sp³-hybridized carbons (Fsp3) is 0.355. The molecule has 3 aromatic carbocycles. The molecule has 9 nitrogen and oxygen atoms in total. The second-order valence-corrected chi connectivity index (χ2v) is 9.62. The summed E-state index contributed by atoms with van der Waals surface area (Å²) >= 11 is 0. The first kappa shape index (κ1) is 28.8. The van der Waals surface area contributed by atoms with Crippen LogP contribution >= 0.6 is 0 Å². The molecule has 0 unspecified atom stereocenters. The van der Waals surface area contributed by atoms with Gasteiger partial charge in [0.25, 0.3) is 0 Å². The van der Waals surface area contributed by atoms with Gasteiger partial charge >= 0.3 is 6.09 Å². The maximum atomic E-state index is 13.5. The molecular weight excluding hydrogens is 510 g/mol. The highest BCUT2D eigenvalue weighted by atomic mass is 16.6. The number of methoxy groups -OCH3 is 3. The second-order valence-electron chi connectivity index (χ2n) is 9.62. The highest BCUT2D eigenvalue weighted by molar-refractivity contribution is 5.78. The smallest absolute Gasteiger partial charge is 0.410 e. The Labute approximate surface area is 235 Å². The molecular formula is C31H37N3O6. The molecule has 1 fully saturated rings. The van der Waals surface area contributed by atoms with Crippen LogP contribution in [-0.2, 0) is 29.2 Å². The molecule has 0 spiro atoms. The fourth-order valence-corrected chi connectivity index (χ4v) is 4.51. The Bertz CT molecular complexity index is 1190. The van der Waals surface area contributed by atoms with Crippen molar-refractivity contribution in [2.45, 2.75) is 19.7 Å². The first-order valence-electron chi connectivity index (χ1n) is 13.3. The molecule has 0 atom stereocenters. The lowest BCUT2D eigenvalue weighted by Crippen LogP contribution is -2.51. The largest absolute Gasteiger partial charge is 0.497 e. The van der Waals surface area contributed by atoms with Crippen LogP contribution in [-0.4, -0.2) is 80.8 Å². The standard InChI is InChI=1S/C31H37N3O6/c1-37-27-11-7-24(8-12-27)20-34(21-25-9-13-28(38-2)14-10-25)30(35)22-32-15-17-33(18-16-32)31(36)40-23-26-5-4-6-29(19-26)39-3/h4-14,19H,15-18,20-23H2,1-3H3. The van der Waals surface area contributed by atoms with Crippen LogP contribution in [0.4, 0.5) is 4.79 Å². The van der Waals surface area contributed by atoms with E-state index in [4.69, 9.17) is 18.9 Å². The highest BCUT2D eigenvalue weighted by Gasteiger charge is 2.25. The van der Waals surface area contributed by atoms with E-state index in [1.807, 2.05) is 77.7 Å². The Kier molecular flexibility index (Phi) is 10.2. The molecule has 0 radical (unpaired) electrons. The van der Waals surface area contributed by atoms with Crippen molar-refractivity contribution in [1.82, 2.24) is 14.7 Å². The van der Waals surface area contributed by atoms with Crippen molar-refractivity contribution in [1.29, 1.82) is 0 Å². The van der Waals surface area contributed by atoms with Crippen LogP contribution < -0.4 is 14.2 Å². The van der Waals surface area contributed by atoms with E-state index >= 15 is 0 Å². The summed E-state index contributed by atoms with van der Waals surface area (Å²) in [5.74, 6) is 2.30. The van der Waals surface area contributed by atoms with Crippen LogP contribution in [0.15, 0.2) is 72.8 Å². The Morgan fingerprint density at radius 1 is 0.700 bits per heavy atom. The van der Waals surface area contributed by atoms with E-state index in [2.05, 4.69) is 4.90 Å². The number of nitrogens with zero attached hydrogens (tertiary/aromatic N) is 3. The Morgan fingerprint density at radius 3 is 1.77 bits per heavy atom. The Balaban J connectivity index is 1.32. The fourth-order valence-electron chi connectivity index (χ4n) is 4.51. The van der Waals surface area contributed by atoms with Crippen molar-refractivity contribution in [3.8, 4) is 17.2 Å². The molecule has 4 rings (SSSR count). The van der Waals surface area contributed by atoms with E-state index in [1.165, 1.54) is 0 Å².